The molecule has 20 heavy (non-hydrogen) atoms. The van der Waals surface area contributed by atoms with Gasteiger partial charge in [-0.05, 0) is 19.4 Å². The van der Waals surface area contributed by atoms with Gasteiger partial charge < -0.3 is 10.0 Å². The van der Waals surface area contributed by atoms with Gasteiger partial charge in [-0.2, -0.15) is 4.31 Å². The highest BCUT2D eigenvalue weighted by Gasteiger charge is 2.27. The zero-order valence-corrected chi connectivity index (χ0v) is 12.7. The molecule has 2 heterocycles. The van der Waals surface area contributed by atoms with E-state index in [4.69, 9.17) is 0 Å². The van der Waals surface area contributed by atoms with E-state index < -0.39 is 10.0 Å². The number of sulfonamides is 1. The monoisotopic (exact) mass is 305 g/mol. The molecule has 0 aromatic rings. The lowest BCUT2D eigenvalue weighted by Gasteiger charge is -2.35. The molecule has 0 aromatic carbocycles. The van der Waals surface area contributed by atoms with Crippen molar-refractivity contribution in [1.82, 2.24) is 14.1 Å². The van der Waals surface area contributed by atoms with Crippen LogP contribution in [0, 0.1) is 0 Å². The summed E-state index contributed by atoms with van der Waals surface area (Å²) in [5.41, 5.74) is 0. The Morgan fingerprint density at radius 2 is 1.85 bits per heavy atom. The van der Waals surface area contributed by atoms with Gasteiger partial charge in [-0.15, -0.1) is 0 Å². The van der Waals surface area contributed by atoms with Crippen molar-refractivity contribution in [2.45, 2.75) is 18.9 Å². The predicted molar refractivity (Wildman–Crippen MR) is 74.7 cm³/mol. The molecule has 7 nitrogen and oxygen atoms in total. The first-order chi connectivity index (χ1) is 9.36. The fraction of sp³-hybridized carbons (Fsp3) is 0.917. The molecule has 0 radical (unpaired) electrons. The van der Waals surface area contributed by atoms with Gasteiger partial charge in [0.15, 0.2) is 0 Å². The van der Waals surface area contributed by atoms with E-state index in [0.29, 0.717) is 39.3 Å². The Balaban J connectivity index is 1.80. The van der Waals surface area contributed by atoms with Gasteiger partial charge in [-0.1, -0.05) is 0 Å². The van der Waals surface area contributed by atoms with Crippen LogP contribution in [-0.4, -0.2) is 91.7 Å². The fourth-order valence-electron chi connectivity index (χ4n) is 2.74. The number of aliphatic hydroxyl groups is 1. The smallest absolute Gasteiger partial charge is 0.236 e. The average molecular weight is 305 g/mol. The third kappa shape index (κ3) is 4.15. The Hall–Kier alpha value is -0.700. The van der Waals surface area contributed by atoms with Gasteiger partial charge in [0, 0.05) is 32.7 Å². The number of carbonyl (C=O) groups is 1. The Bertz CT molecular complexity index is 446. The first-order valence-corrected chi connectivity index (χ1v) is 8.84. The highest BCUT2D eigenvalue weighted by molar-refractivity contribution is 7.88. The van der Waals surface area contributed by atoms with Crippen molar-refractivity contribution in [3.63, 3.8) is 0 Å². The minimum Gasteiger partial charge on any atom is -0.392 e. The summed E-state index contributed by atoms with van der Waals surface area (Å²) in [6.07, 6.45) is 2.58. The number of hydrogen-bond acceptors (Lipinski definition) is 5. The summed E-state index contributed by atoms with van der Waals surface area (Å²) >= 11 is 0. The molecule has 8 heteroatoms. The van der Waals surface area contributed by atoms with Gasteiger partial charge in [0.05, 0.1) is 18.9 Å². The Morgan fingerprint density at radius 3 is 2.40 bits per heavy atom. The number of amides is 1. The normalized spacial score (nSPS) is 26.7. The van der Waals surface area contributed by atoms with Gasteiger partial charge in [-0.25, -0.2) is 8.42 Å². The minimum absolute atomic E-state index is 0.0206. The van der Waals surface area contributed by atoms with Crippen LogP contribution in [0.15, 0.2) is 0 Å². The molecule has 0 aliphatic carbocycles. The topological polar surface area (TPSA) is 81.2 Å². The molecule has 2 aliphatic heterocycles. The molecule has 2 aliphatic rings. The quantitative estimate of drug-likeness (QED) is 0.690. The summed E-state index contributed by atoms with van der Waals surface area (Å²) < 4.78 is 24.2. The molecular weight excluding hydrogens is 282 g/mol. The largest absolute Gasteiger partial charge is 0.392 e. The van der Waals surface area contributed by atoms with Crippen molar-refractivity contribution in [2.75, 3.05) is 52.1 Å². The molecule has 0 spiro atoms. The second kappa shape index (κ2) is 6.38. The van der Waals surface area contributed by atoms with Crippen molar-refractivity contribution in [1.29, 1.82) is 0 Å². The maximum atomic E-state index is 12.2. The first kappa shape index (κ1) is 15.7. The maximum Gasteiger partial charge on any atom is 0.236 e. The van der Waals surface area contributed by atoms with Gasteiger partial charge >= 0.3 is 0 Å². The van der Waals surface area contributed by atoms with Crippen LogP contribution < -0.4 is 0 Å². The molecule has 116 valence electrons. The second-order valence-electron chi connectivity index (χ2n) is 5.57. The van der Waals surface area contributed by atoms with Gasteiger partial charge in [0.1, 0.15) is 0 Å². The molecule has 1 unspecified atom stereocenters. The number of likely N-dealkylation sites (tertiary alicyclic amines) is 1. The molecule has 0 bridgehead atoms. The van der Waals surface area contributed by atoms with E-state index in [1.165, 1.54) is 10.6 Å². The van der Waals surface area contributed by atoms with Crippen LogP contribution in [0.1, 0.15) is 12.8 Å². The second-order valence-corrected chi connectivity index (χ2v) is 7.56. The number of piperidine rings is 1. The molecule has 2 fully saturated rings. The lowest BCUT2D eigenvalue weighted by Crippen LogP contribution is -2.53. The Labute approximate surface area is 120 Å². The number of β-amino-alcohol motifs (C(OH)–C–C–N with tert-alkyl or cyclic N) is 1. The summed E-state index contributed by atoms with van der Waals surface area (Å²) in [7, 11) is -3.16. The van der Waals surface area contributed by atoms with Gasteiger partial charge in [-0.3, -0.25) is 9.69 Å². The van der Waals surface area contributed by atoms with Gasteiger partial charge in [0.25, 0.3) is 0 Å². The van der Waals surface area contributed by atoms with Crippen molar-refractivity contribution < 1.29 is 18.3 Å². The lowest BCUT2D eigenvalue weighted by molar-refractivity contribution is -0.134. The first-order valence-electron chi connectivity index (χ1n) is 6.99. The van der Waals surface area contributed by atoms with Crippen LogP contribution in [0.3, 0.4) is 0 Å². The van der Waals surface area contributed by atoms with Crippen LogP contribution >= 0.6 is 0 Å². The summed E-state index contributed by atoms with van der Waals surface area (Å²) in [6.45, 7) is 3.34. The van der Waals surface area contributed by atoms with Crippen LogP contribution in [0.25, 0.3) is 0 Å². The standard InChI is InChI=1S/C12H23N3O4S/c1-20(18,19)15-7-5-14(6-8-15)12(17)10-13-4-2-3-11(16)9-13/h11,16H,2-10H2,1H3. The van der Waals surface area contributed by atoms with Crippen molar-refractivity contribution >= 4 is 15.9 Å². The van der Waals surface area contributed by atoms with Gasteiger partial charge in [0.2, 0.25) is 15.9 Å². The summed E-state index contributed by atoms with van der Waals surface area (Å²) in [5, 5.41) is 9.59. The van der Waals surface area contributed by atoms with Crippen molar-refractivity contribution in [3.05, 3.63) is 0 Å². The lowest BCUT2D eigenvalue weighted by atomic mass is 10.1. The van der Waals surface area contributed by atoms with Crippen molar-refractivity contribution in [3.8, 4) is 0 Å². The summed E-state index contributed by atoms with van der Waals surface area (Å²) in [5.74, 6) is 0.0206. The zero-order valence-electron chi connectivity index (χ0n) is 11.9. The molecule has 0 aromatic heterocycles. The number of aliphatic hydroxyl groups excluding tert-OH is 1. The third-order valence-corrected chi connectivity index (χ3v) is 5.20. The number of nitrogens with zero attached hydrogens (tertiary/aromatic N) is 3. The van der Waals surface area contributed by atoms with E-state index in [9.17, 15) is 18.3 Å². The van der Waals surface area contributed by atoms with E-state index >= 15 is 0 Å². The molecule has 1 atom stereocenters. The molecule has 1 N–H and O–H groups in total. The maximum absolute atomic E-state index is 12.2. The number of rotatable bonds is 3. The SMILES string of the molecule is CS(=O)(=O)N1CCN(C(=O)CN2CCCC(O)C2)CC1. The minimum atomic E-state index is -3.16. The van der Waals surface area contributed by atoms with Crippen LogP contribution in [-0.2, 0) is 14.8 Å². The number of piperazine rings is 1. The highest BCUT2D eigenvalue weighted by Crippen LogP contribution is 2.11. The average Bonchev–Trinajstić information content (AvgIpc) is 2.38. The van der Waals surface area contributed by atoms with E-state index in [-0.39, 0.29) is 12.0 Å². The fourth-order valence-corrected chi connectivity index (χ4v) is 3.56. The molecule has 2 rings (SSSR count). The van der Waals surface area contributed by atoms with Crippen LogP contribution in [0.2, 0.25) is 0 Å². The van der Waals surface area contributed by atoms with Crippen molar-refractivity contribution in [2.24, 2.45) is 0 Å². The zero-order chi connectivity index (χ0) is 14.8. The highest BCUT2D eigenvalue weighted by atomic mass is 32.2. The number of carbonyl (C=O) groups excluding carboxylic acids is 1. The summed E-state index contributed by atoms with van der Waals surface area (Å²) in [4.78, 5) is 15.8. The predicted octanol–water partition coefficient (Wildman–Crippen LogP) is -1.45. The third-order valence-electron chi connectivity index (χ3n) is 3.90. The van der Waals surface area contributed by atoms with E-state index in [2.05, 4.69) is 0 Å². The van der Waals surface area contributed by atoms with Crippen LogP contribution in [0.5, 0.6) is 0 Å². The number of hydrogen-bond donors (Lipinski definition) is 1. The van der Waals surface area contributed by atoms with E-state index in [1.54, 1.807) is 4.90 Å². The molecular formula is C12H23N3O4S. The Morgan fingerprint density at radius 1 is 1.20 bits per heavy atom. The molecule has 2 saturated heterocycles. The van der Waals surface area contributed by atoms with E-state index in [1.807, 2.05) is 4.90 Å². The van der Waals surface area contributed by atoms with Crippen LogP contribution in [0.4, 0.5) is 0 Å². The Kier molecular flexibility index (Phi) is 5.00. The summed E-state index contributed by atoms with van der Waals surface area (Å²) in [6, 6.07) is 0. The molecule has 0 saturated carbocycles. The molecule has 1 amide bonds. The van der Waals surface area contributed by atoms with E-state index in [0.717, 1.165) is 19.4 Å².